The summed E-state index contributed by atoms with van der Waals surface area (Å²) in [4.78, 5) is 15.7. The summed E-state index contributed by atoms with van der Waals surface area (Å²) in [5.41, 5.74) is 4.05. The lowest BCUT2D eigenvalue weighted by molar-refractivity contribution is 0.103. The van der Waals surface area contributed by atoms with Crippen LogP contribution >= 0.6 is 23.2 Å². The van der Waals surface area contributed by atoms with Crippen molar-refractivity contribution in [2.45, 2.75) is 6.92 Å². The smallest absolute Gasteiger partial charge is 0.195 e. The highest BCUT2D eigenvalue weighted by Crippen LogP contribution is 2.31. The third-order valence-electron chi connectivity index (χ3n) is 3.53. The predicted octanol–water partition coefficient (Wildman–Crippen LogP) is 5.53. The van der Waals surface area contributed by atoms with Crippen molar-refractivity contribution in [2.24, 2.45) is 0 Å². The lowest BCUT2D eigenvalue weighted by Gasteiger charge is -2.06. The van der Waals surface area contributed by atoms with Gasteiger partial charge in [-0.15, -0.1) is 0 Å². The van der Waals surface area contributed by atoms with Crippen LogP contribution in [0.2, 0.25) is 10.0 Å². The van der Waals surface area contributed by atoms with Gasteiger partial charge in [0.25, 0.3) is 0 Å². The van der Waals surface area contributed by atoms with Gasteiger partial charge < -0.3 is 4.98 Å². The number of benzene rings is 2. The Morgan fingerprint density at radius 3 is 2.36 bits per heavy atom. The molecule has 0 aliphatic carbocycles. The van der Waals surface area contributed by atoms with E-state index in [9.17, 15) is 4.79 Å². The monoisotopic (exact) mass is 329 g/mol. The number of hydrogen-bond donors (Lipinski definition) is 1. The summed E-state index contributed by atoms with van der Waals surface area (Å²) in [5.74, 6) is -0.0256. The standard InChI is InChI=1S/C18H13Cl2NO/c1-11-2-4-12(5-3-11)18(22)15-10-21-9-14(15)13-6-7-16(19)17(20)8-13/h2-10,21H,1H3. The molecule has 0 aliphatic heterocycles. The van der Waals surface area contributed by atoms with E-state index in [4.69, 9.17) is 23.2 Å². The van der Waals surface area contributed by atoms with Crippen LogP contribution in [0.3, 0.4) is 0 Å². The van der Waals surface area contributed by atoms with Crippen LogP contribution in [0.4, 0.5) is 0 Å². The average Bonchev–Trinajstić information content (AvgIpc) is 2.99. The number of hydrogen-bond acceptors (Lipinski definition) is 1. The Labute approximate surface area is 138 Å². The number of rotatable bonds is 3. The molecule has 0 bridgehead atoms. The van der Waals surface area contributed by atoms with E-state index in [1.807, 2.05) is 37.3 Å². The summed E-state index contributed by atoms with van der Waals surface area (Å²) in [5, 5.41) is 0.960. The zero-order valence-electron chi connectivity index (χ0n) is 11.9. The van der Waals surface area contributed by atoms with Gasteiger partial charge in [0.1, 0.15) is 0 Å². The minimum Gasteiger partial charge on any atom is -0.366 e. The van der Waals surface area contributed by atoms with Crippen LogP contribution in [-0.2, 0) is 0 Å². The molecule has 0 aliphatic rings. The van der Waals surface area contributed by atoms with E-state index in [-0.39, 0.29) is 5.78 Å². The second-order valence-corrected chi connectivity index (χ2v) is 5.92. The molecule has 0 fully saturated rings. The fourth-order valence-electron chi connectivity index (χ4n) is 2.31. The Bertz CT molecular complexity index is 835. The van der Waals surface area contributed by atoms with Gasteiger partial charge in [0, 0.05) is 29.1 Å². The minimum atomic E-state index is -0.0256. The molecule has 0 spiro atoms. The quantitative estimate of drug-likeness (QED) is 0.630. The highest BCUT2D eigenvalue weighted by Gasteiger charge is 2.16. The van der Waals surface area contributed by atoms with Gasteiger partial charge in [-0.05, 0) is 24.6 Å². The fourth-order valence-corrected chi connectivity index (χ4v) is 2.61. The number of aromatic nitrogens is 1. The first-order valence-corrected chi connectivity index (χ1v) is 7.55. The number of aromatic amines is 1. The average molecular weight is 330 g/mol. The van der Waals surface area contributed by atoms with Crippen LogP contribution in [0.15, 0.2) is 54.9 Å². The van der Waals surface area contributed by atoms with Crippen LogP contribution in [0.5, 0.6) is 0 Å². The lowest BCUT2D eigenvalue weighted by atomic mass is 9.97. The van der Waals surface area contributed by atoms with Crippen LogP contribution in [-0.4, -0.2) is 10.8 Å². The van der Waals surface area contributed by atoms with E-state index < -0.39 is 0 Å². The molecule has 1 heterocycles. The molecule has 2 aromatic carbocycles. The van der Waals surface area contributed by atoms with Crippen LogP contribution in [0.25, 0.3) is 11.1 Å². The second-order valence-electron chi connectivity index (χ2n) is 5.11. The summed E-state index contributed by atoms with van der Waals surface area (Å²) < 4.78 is 0. The third kappa shape index (κ3) is 2.80. The van der Waals surface area contributed by atoms with Crippen molar-refractivity contribution in [1.82, 2.24) is 4.98 Å². The Morgan fingerprint density at radius 1 is 0.955 bits per heavy atom. The maximum atomic E-state index is 12.7. The van der Waals surface area contributed by atoms with E-state index in [1.165, 1.54) is 0 Å². The summed E-state index contributed by atoms with van der Waals surface area (Å²) >= 11 is 12.0. The van der Waals surface area contributed by atoms with Crippen molar-refractivity contribution in [3.05, 3.63) is 81.6 Å². The number of nitrogens with one attached hydrogen (secondary N) is 1. The van der Waals surface area contributed by atoms with E-state index in [2.05, 4.69) is 4.98 Å². The molecular formula is C18H13Cl2NO. The summed E-state index contributed by atoms with van der Waals surface area (Å²) in [6.45, 7) is 1.99. The van der Waals surface area contributed by atoms with Gasteiger partial charge in [0.05, 0.1) is 10.0 Å². The molecular weight excluding hydrogens is 317 g/mol. The Kier molecular flexibility index (Phi) is 4.06. The fraction of sp³-hybridized carbons (Fsp3) is 0.0556. The number of halogens is 2. The molecule has 4 heteroatoms. The highest BCUT2D eigenvalue weighted by molar-refractivity contribution is 6.42. The minimum absolute atomic E-state index is 0.0256. The van der Waals surface area contributed by atoms with Crippen molar-refractivity contribution in [1.29, 1.82) is 0 Å². The van der Waals surface area contributed by atoms with Gasteiger partial charge in [-0.3, -0.25) is 4.79 Å². The van der Waals surface area contributed by atoms with Gasteiger partial charge in [-0.1, -0.05) is 59.1 Å². The van der Waals surface area contributed by atoms with E-state index in [0.717, 1.165) is 16.7 Å². The molecule has 0 amide bonds. The lowest BCUT2D eigenvalue weighted by Crippen LogP contribution is -2.01. The normalized spacial score (nSPS) is 10.7. The van der Waals surface area contributed by atoms with Gasteiger partial charge in [-0.25, -0.2) is 0 Å². The Hall–Kier alpha value is -2.03. The molecule has 0 atom stereocenters. The SMILES string of the molecule is Cc1ccc(C(=O)c2c[nH]cc2-c2ccc(Cl)c(Cl)c2)cc1. The largest absolute Gasteiger partial charge is 0.366 e. The summed E-state index contributed by atoms with van der Waals surface area (Å²) in [6.07, 6.45) is 3.50. The second kappa shape index (κ2) is 5.99. The van der Waals surface area contributed by atoms with Gasteiger partial charge in [0.15, 0.2) is 5.78 Å². The van der Waals surface area contributed by atoms with Gasteiger partial charge in [0.2, 0.25) is 0 Å². The maximum Gasteiger partial charge on any atom is 0.195 e. The van der Waals surface area contributed by atoms with Crippen molar-refractivity contribution in [3.63, 3.8) is 0 Å². The number of ketones is 1. The molecule has 1 aromatic heterocycles. The summed E-state index contributed by atoms with van der Waals surface area (Å²) in [6, 6.07) is 12.9. The number of carbonyl (C=O) groups is 1. The molecule has 2 nitrogen and oxygen atoms in total. The third-order valence-corrected chi connectivity index (χ3v) is 4.27. The highest BCUT2D eigenvalue weighted by atomic mass is 35.5. The first-order valence-electron chi connectivity index (χ1n) is 6.80. The molecule has 1 N–H and O–H groups in total. The van der Waals surface area contributed by atoms with E-state index in [0.29, 0.717) is 21.2 Å². The first kappa shape index (κ1) is 14.9. The van der Waals surface area contributed by atoms with Crippen LogP contribution < -0.4 is 0 Å². The number of H-pyrrole nitrogens is 1. The summed E-state index contributed by atoms with van der Waals surface area (Å²) in [7, 11) is 0. The van der Waals surface area contributed by atoms with Gasteiger partial charge in [-0.2, -0.15) is 0 Å². The van der Waals surface area contributed by atoms with Crippen molar-refractivity contribution >= 4 is 29.0 Å². The predicted molar refractivity (Wildman–Crippen MR) is 90.9 cm³/mol. The molecule has 3 aromatic rings. The first-order chi connectivity index (χ1) is 10.6. The zero-order valence-corrected chi connectivity index (χ0v) is 13.4. The van der Waals surface area contributed by atoms with Gasteiger partial charge >= 0.3 is 0 Å². The molecule has 22 heavy (non-hydrogen) atoms. The molecule has 0 radical (unpaired) electrons. The Balaban J connectivity index is 2.03. The molecule has 3 rings (SSSR count). The van der Waals surface area contributed by atoms with Crippen molar-refractivity contribution in [2.75, 3.05) is 0 Å². The molecule has 110 valence electrons. The number of aryl methyl sites for hydroxylation is 1. The molecule has 0 saturated carbocycles. The van der Waals surface area contributed by atoms with Crippen LogP contribution in [0, 0.1) is 6.92 Å². The topological polar surface area (TPSA) is 32.9 Å². The van der Waals surface area contributed by atoms with E-state index >= 15 is 0 Å². The number of carbonyl (C=O) groups excluding carboxylic acids is 1. The maximum absolute atomic E-state index is 12.7. The van der Waals surface area contributed by atoms with Crippen molar-refractivity contribution in [3.8, 4) is 11.1 Å². The van der Waals surface area contributed by atoms with Crippen molar-refractivity contribution < 1.29 is 4.79 Å². The van der Waals surface area contributed by atoms with E-state index in [1.54, 1.807) is 24.5 Å². The Morgan fingerprint density at radius 2 is 1.68 bits per heavy atom. The molecule has 0 saturated heterocycles. The zero-order chi connectivity index (χ0) is 15.7. The molecule has 0 unspecified atom stereocenters. The van der Waals surface area contributed by atoms with Crippen LogP contribution in [0.1, 0.15) is 21.5 Å².